The summed E-state index contributed by atoms with van der Waals surface area (Å²) in [7, 11) is 0. The zero-order valence-corrected chi connectivity index (χ0v) is 9.45. The summed E-state index contributed by atoms with van der Waals surface area (Å²) in [5, 5.41) is 10.5. The molecule has 0 amide bonds. The van der Waals surface area contributed by atoms with E-state index in [0.29, 0.717) is 10.9 Å². The average Bonchev–Trinajstić information content (AvgIpc) is 2.29. The number of aromatic nitrogens is 1. The minimum absolute atomic E-state index is 0.161. The van der Waals surface area contributed by atoms with Gasteiger partial charge in [-0.3, -0.25) is 4.79 Å². The zero-order valence-electron chi connectivity index (χ0n) is 9.45. The fourth-order valence-corrected chi connectivity index (χ4v) is 1.39. The van der Waals surface area contributed by atoms with Gasteiger partial charge in [-0.15, -0.1) is 0 Å². The summed E-state index contributed by atoms with van der Waals surface area (Å²) in [4.78, 5) is 13.9. The highest BCUT2D eigenvalue weighted by Gasteiger charge is 1.91. The Labute approximate surface area is 94.1 Å². The van der Waals surface area contributed by atoms with Gasteiger partial charge in [-0.1, -0.05) is 19.1 Å². The second-order valence-corrected chi connectivity index (χ2v) is 3.30. The van der Waals surface area contributed by atoms with Gasteiger partial charge in [0.1, 0.15) is 0 Å². The minimum Gasteiger partial charge on any atom is -0.322 e. The fraction of sp³-hybridized carbons (Fsp3) is 0.231. The molecule has 0 fully saturated rings. The maximum atomic E-state index is 11.2. The van der Waals surface area contributed by atoms with Crippen molar-refractivity contribution in [3.8, 4) is 6.07 Å². The van der Waals surface area contributed by atoms with Crippen molar-refractivity contribution >= 4 is 12.2 Å². The molecule has 0 bridgehead atoms. The number of allylic oxidation sites excluding steroid dienone is 2. The van der Waals surface area contributed by atoms with Gasteiger partial charge in [0, 0.05) is 11.4 Å². The molecule has 0 spiro atoms. The Morgan fingerprint density at radius 2 is 2.31 bits per heavy atom. The molecule has 1 heterocycles. The first kappa shape index (κ1) is 12.0. The Morgan fingerprint density at radius 1 is 1.56 bits per heavy atom. The lowest BCUT2D eigenvalue weighted by Crippen LogP contribution is -2.33. The monoisotopic (exact) mass is 214 g/mol. The van der Waals surface area contributed by atoms with E-state index in [-0.39, 0.29) is 5.56 Å². The Bertz CT molecular complexity index is 600. The van der Waals surface area contributed by atoms with Crippen LogP contribution in [-0.2, 0) is 0 Å². The van der Waals surface area contributed by atoms with E-state index in [2.05, 4.69) is 11.1 Å². The molecule has 82 valence electrons. The standard InChI is InChI=1S/C13H14N2O/c1-3-5-10(9-14)8-12-11(4-2)6-7-13(16)15-12/h4-8H,3H2,1-2H3,(H,15,16)/b10-5-,11-4-,12-8+. The second-order valence-electron chi connectivity index (χ2n) is 3.30. The maximum absolute atomic E-state index is 11.2. The number of nitriles is 1. The topological polar surface area (TPSA) is 56.6 Å². The molecule has 16 heavy (non-hydrogen) atoms. The molecule has 3 heteroatoms. The van der Waals surface area contributed by atoms with E-state index in [9.17, 15) is 4.79 Å². The van der Waals surface area contributed by atoms with Gasteiger partial charge >= 0.3 is 0 Å². The smallest absolute Gasteiger partial charge is 0.248 e. The number of nitrogens with zero attached hydrogens (tertiary/aromatic N) is 1. The summed E-state index contributed by atoms with van der Waals surface area (Å²) in [6.45, 7) is 3.85. The minimum atomic E-state index is -0.161. The van der Waals surface area contributed by atoms with Gasteiger partial charge in [-0.05, 0) is 30.7 Å². The van der Waals surface area contributed by atoms with Crippen LogP contribution in [-0.4, -0.2) is 4.98 Å². The number of rotatable bonds is 2. The van der Waals surface area contributed by atoms with Crippen LogP contribution >= 0.6 is 0 Å². The first-order valence-corrected chi connectivity index (χ1v) is 5.19. The molecule has 0 aromatic carbocycles. The molecule has 1 rings (SSSR count). The van der Waals surface area contributed by atoms with Gasteiger partial charge in [0.05, 0.1) is 11.6 Å². The first-order chi connectivity index (χ1) is 7.71. The number of aromatic amines is 1. The van der Waals surface area contributed by atoms with Gasteiger partial charge in [-0.2, -0.15) is 5.26 Å². The van der Waals surface area contributed by atoms with Crippen molar-refractivity contribution in [1.29, 1.82) is 5.26 Å². The van der Waals surface area contributed by atoms with Gasteiger partial charge in [0.15, 0.2) is 0 Å². The lowest BCUT2D eigenvalue weighted by molar-refractivity contribution is 1.15. The molecule has 0 atom stereocenters. The molecule has 0 aliphatic heterocycles. The molecule has 1 N–H and O–H groups in total. The van der Waals surface area contributed by atoms with Crippen LogP contribution in [0.15, 0.2) is 28.6 Å². The average molecular weight is 214 g/mol. The third-order valence-electron chi connectivity index (χ3n) is 2.15. The Hall–Kier alpha value is -2.08. The molecule has 0 saturated heterocycles. The van der Waals surface area contributed by atoms with Crippen molar-refractivity contribution in [2.75, 3.05) is 0 Å². The number of pyridine rings is 1. The van der Waals surface area contributed by atoms with Crippen LogP contribution in [0.3, 0.4) is 0 Å². The maximum Gasteiger partial charge on any atom is 0.248 e. The third-order valence-corrected chi connectivity index (χ3v) is 2.15. The molecule has 0 radical (unpaired) electrons. The zero-order chi connectivity index (χ0) is 12.0. The van der Waals surface area contributed by atoms with Crippen molar-refractivity contribution in [3.63, 3.8) is 0 Å². The molecule has 0 aliphatic rings. The normalized spacial score (nSPS) is 13.9. The molecular weight excluding hydrogens is 200 g/mol. The third kappa shape index (κ3) is 2.96. The van der Waals surface area contributed by atoms with E-state index in [1.165, 1.54) is 6.07 Å². The van der Waals surface area contributed by atoms with Crippen LogP contribution in [0.4, 0.5) is 0 Å². The fourth-order valence-electron chi connectivity index (χ4n) is 1.39. The van der Waals surface area contributed by atoms with Crippen LogP contribution < -0.4 is 16.1 Å². The van der Waals surface area contributed by atoms with E-state index in [0.717, 1.165) is 11.6 Å². The van der Waals surface area contributed by atoms with E-state index in [4.69, 9.17) is 5.26 Å². The van der Waals surface area contributed by atoms with Crippen molar-refractivity contribution in [2.45, 2.75) is 20.3 Å². The summed E-state index contributed by atoms with van der Waals surface area (Å²) >= 11 is 0. The molecule has 0 unspecified atom stereocenters. The van der Waals surface area contributed by atoms with Crippen LogP contribution in [0.25, 0.3) is 12.2 Å². The van der Waals surface area contributed by atoms with E-state index < -0.39 is 0 Å². The highest BCUT2D eigenvalue weighted by Crippen LogP contribution is 1.94. The largest absolute Gasteiger partial charge is 0.322 e. The molecule has 3 nitrogen and oxygen atoms in total. The summed E-state index contributed by atoms with van der Waals surface area (Å²) in [5.41, 5.74) is 0.401. The predicted octanol–water partition coefficient (Wildman–Crippen LogP) is 0.816. The number of nitrogens with one attached hydrogen (secondary N) is 1. The van der Waals surface area contributed by atoms with E-state index >= 15 is 0 Å². The SMILES string of the molecule is C/C=c1/ccc(=O)[nH]/c1=C/C(C#N)=C/CC. The Balaban J connectivity index is 3.50. The molecule has 1 aromatic heterocycles. The van der Waals surface area contributed by atoms with Crippen LogP contribution in [0.1, 0.15) is 20.3 Å². The van der Waals surface area contributed by atoms with Crippen molar-refractivity contribution in [2.24, 2.45) is 0 Å². The first-order valence-electron chi connectivity index (χ1n) is 5.19. The van der Waals surface area contributed by atoms with Gasteiger partial charge < -0.3 is 4.98 Å². The van der Waals surface area contributed by atoms with Crippen molar-refractivity contribution < 1.29 is 0 Å². The quantitative estimate of drug-likeness (QED) is 0.741. The van der Waals surface area contributed by atoms with Crippen LogP contribution in [0, 0.1) is 11.3 Å². The summed E-state index contributed by atoms with van der Waals surface area (Å²) < 4.78 is 0. The second kappa shape index (κ2) is 5.72. The van der Waals surface area contributed by atoms with Gasteiger partial charge in [-0.25, -0.2) is 0 Å². The molecule has 0 saturated carbocycles. The van der Waals surface area contributed by atoms with Crippen molar-refractivity contribution in [3.05, 3.63) is 44.7 Å². The molecule has 0 aliphatic carbocycles. The molecule has 1 aromatic rings. The van der Waals surface area contributed by atoms with Crippen molar-refractivity contribution in [1.82, 2.24) is 4.98 Å². The van der Waals surface area contributed by atoms with Crippen LogP contribution in [0.5, 0.6) is 0 Å². The Morgan fingerprint density at radius 3 is 2.88 bits per heavy atom. The summed E-state index contributed by atoms with van der Waals surface area (Å²) in [5.74, 6) is 0. The highest BCUT2D eigenvalue weighted by atomic mass is 16.1. The van der Waals surface area contributed by atoms with Crippen LogP contribution in [0.2, 0.25) is 0 Å². The summed E-state index contributed by atoms with van der Waals surface area (Å²) in [6.07, 6.45) is 6.20. The predicted molar refractivity (Wildman–Crippen MR) is 64.9 cm³/mol. The number of hydrogen-bond donors (Lipinski definition) is 1. The number of H-pyrrole nitrogens is 1. The van der Waals surface area contributed by atoms with E-state index in [1.807, 2.05) is 26.0 Å². The lowest BCUT2D eigenvalue weighted by Gasteiger charge is -1.91. The highest BCUT2D eigenvalue weighted by molar-refractivity contribution is 5.54. The Kier molecular flexibility index (Phi) is 4.28. The molecular formula is C13H14N2O. The van der Waals surface area contributed by atoms with Gasteiger partial charge in [0.2, 0.25) is 5.56 Å². The lowest BCUT2D eigenvalue weighted by atomic mass is 10.2. The van der Waals surface area contributed by atoms with Gasteiger partial charge in [0.25, 0.3) is 0 Å². The van der Waals surface area contributed by atoms with E-state index in [1.54, 1.807) is 12.1 Å². The summed E-state index contributed by atoms with van der Waals surface area (Å²) in [6, 6.07) is 5.31. The number of hydrogen-bond acceptors (Lipinski definition) is 2.